The standard InChI is InChI=1S/C18H21NO4/c1-18(2,3)23-17(21)19-10-5-4-6-13-7-8-14-15(20)9-11-22-16(14)12-13/h7-8,12H,5,9-11H2,1-3H3,(H,19,21). The first-order valence-corrected chi connectivity index (χ1v) is 7.61. The van der Waals surface area contributed by atoms with Gasteiger partial charge in [-0.3, -0.25) is 4.79 Å². The van der Waals surface area contributed by atoms with Gasteiger partial charge in [-0.1, -0.05) is 11.8 Å². The lowest BCUT2D eigenvalue weighted by Gasteiger charge is -2.19. The lowest BCUT2D eigenvalue weighted by Crippen LogP contribution is -2.32. The van der Waals surface area contributed by atoms with Gasteiger partial charge in [0.25, 0.3) is 0 Å². The van der Waals surface area contributed by atoms with Crippen LogP contribution in [0.15, 0.2) is 18.2 Å². The van der Waals surface area contributed by atoms with Gasteiger partial charge in [0.05, 0.1) is 12.2 Å². The molecule has 0 saturated heterocycles. The Bertz CT molecular complexity index is 662. The smallest absolute Gasteiger partial charge is 0.407 e. The van der Waals surface area contributed by atoms with Crippen molar-refractivity contribution in [3.05, 3.63) is 29.3 Å². The minimum atomic E-state index is -0.504. The second-order valence-electron chi connectivity index (χ2n) is 6.21. The highest BCUT2D eigenvalue weighted by Crippen LogP contribution is 2.25. The number of alkyl carbamates (subject to hydrolysis) is 1. The third kappa shape index (κ3) is 5.33. The van der Waals surface area contributed by atoms with Gasteiger partial charge in [-0.05, 0) is 39.0 Å². The number of Topliss-reactive ketones (excluding diaryl/α,β-unsaturated/α-hetero) is 1. The highest BCUT2D eigenvalue weighted by Gasteiger charge is 2.18. The Kier molecular flexibility index (Phi) is 5.28. The van der Waals surface area contributed by atoms with Crippen molar-refractivity contribution in [2.75, 3.05) is 13.2 Å². The first-order valence-electron chi connectivity index (χ1n) is 7.61. The van der Waals surface area contributed by atoms with Gasteiger partial charge >= 0.3 is 6.09 Å². The highest BCUT2D eigenvalue weighted by molar-refractivity contribution is 5.99. The fraction of sp³-hybridized carbons (Fsp3) is 0.444. The van der Waals surface area contributed by atoms with E-state index in [1.54, 1.807) is 18.2 Å². The summed E-state index contributed by atoms with van der Waals surface area (Å²) in [7, 11) is 0. The van der Waals surface area contributed by atoms with Gasteiger partial charge in [0.15, 0.2) is 5.78 Å². The van der Waals surface area contributed by atoms with Gasteiger partial charge in [-0.2, -0.15) is 0 Å². The molecule has 0 atom stereocenters. The average Bonchev–Trinajstić information content (AvgIpc) is 2.45. The molecule has 2 rings (SSSR count). The number of benzene rings is 1. The number of rotatable bonds is 2. The SMILES string of the molecule is CC(C)(C)OC(=O)NCCC#Cc1ccc2c(c1)OCCC2=O. The van der Waals surface area contributed by atoms with E-state index in [4.69, 9.17) is 9.47 Å². The molecule has 0 bridgehead atoms. The fourth-order valence-electron chi connectivity index (χ4n) is 2.04. The van der Waals surface area contributed by atoms with E-state index in [1.807, 2.05) is 20.8 Å². The van der Waals surface area contributed by atoms with Crippen molar-refractivity contribution in [3.8, 4) is 17.6 Å². The van der Waals surface area contributed by atoms with E-state index in [1.165, 1.54) is 0 Å². The van der Waals surface area contributed by atoms with E-state index >= 15 is 0 Å². The van der Waals surface area contributed by atoms with Crippen LogP contribution in [-0.2, 0) is 4.74 Å². The van der Waals surface area contributed by atoms with Crippen molar-refractivity contribution in [2.45, 2.75) is 39.2 Å². The molecule has 5 heteroatoms. The number of ketones is 1. The molecule has 0 fully saturated rings. The summed E-state index contributed by atoms with van der Waals surface area (Å²) < 4.78 is 10.6. The Morgan fingerprint density at radius 2 is 2.17 bits per heavy atom. The average molecular weight is 315 g/mol. The molecule has 0 aliphatic carbocycles. The van der Waals surface area contributed by atoms with Crippen molar-refractivity contribution < 1.29 is 19.1 Å². The zero-order chi connectivity index (χ0) is 16.9. The van der Waals surface area contributed by atoms with Gasteiger partial charge < -0.3 is 14.8 Å². The van der Waals surface area contributed by atoms with Crippen molar-refractivity contribution in [1.29, 1.82) is 0 Å². The number of hydrogen-bond acceptors (Lipinski definition) is 4. The zero-order valence-electron chi connectivity index (χ0n) is 13.7. The molecule has 5 nitrogen and oxygen atoms in total. The number of carbonyl (C=O) groups excluding carboxylic acids is 2. The molecule has 1 aromatic rings. The molecule has 23 heavy (non-hydrogen) atoms. The van der Waals surface area contributed by atoms with Crippen LogP contribution in [0.5, 0.6) is 5.75 Å². The topological polar surface area (TPSA) is 64.6 Å². The molecular formula is C18H21NO4. The summed E-state index contributed by atoms with van der Waals surface area (Å²) in [5.74, 6) is 6.68. The molecule has 0 unspecified atom stereocenters. The maximum atomic E-state index is 11.7. The summed E-state index contributed by atoms with van der Waals surface area (Å²) in [5.41, 5.74) is 0.903. The zero-order valence-corrected chi connectivity index (χ0v) is 13.7. The van der Waals surface area contributed by atoms with Gasteiger partial charge in [0.1, 0.15) is 11.4 Å². The molecule has 0 radical (unpaired) electrons. The van der Waals surface area contributed by atoms with Gasteiger partial charge in [0, 0.05) is 24.9 Å². The monoisotopic (exact) mass is 315 g/mol. The predicted molar refractivity (Wildman–Crippen MR) is 86.6 cm³/mol. The largest absolute Gasteiger partial charge is 0.492 e. The maximum Gasteiger partial charge on any atom is 0.407 e. The van der Waals surface area contributed by atoms with Crippen LogP contribution in [0.3, 0.4) is 0 Å². The first kappa shape index (κ1) is 16.9. The third-order valence-corrected chi connectivity index (χ3v) is 3.02. The van der Waals surface area contributed by atoms with Crippen LogP contribution in [0.1, 0.15) is 49.5 Å². The van der Waals surface area contributed by atoms with E-state index in [-0.39, 0.29) is 5.78 Å². The molecule has 1 heterocycles. The Hall–Kier alpha value is -2.48. The van der Waals surface area contributed by atoms with Crippen LogP contribution in [0, 0.1) is 11.8 Å². The van der Waals surface area contributed by atoms with Gasteiger partial charge in [-0.15, -0.1) is 0 Å². The summed E-state index contributed by atoms with van der Waals surface area (Å²) in [6.07, 6.45) is 0.491. The molecule has 1 amide bonds. The molecular weight excluding hydrogens is 294 g/mol. The number of ether oxygens (including phenoxy) is 2. The molecule has 0 aromatic heterocycles. The second-order valence-corrected chi connectivity index (χ2v) is 6.21. The molecule has 1 aliphatic heterocycles. The second kappa shape index (κ2) is 7.19. The van der Waals surface area contributed by atoms with Crippen LogP contribution < -0.4 is 10.1 Å². The summed E-state index contributed by atoms with van der Waals surface area (Å²) in [4.78, 5) is 23.1. The molecule has 1 N–H and O–H groups in total. The minimum absolute atomic E-state index is 0.104. The summed E-state index contributed by atoms with van der Waals surface area (Å²) >= 11 is 0. The van der Waals surface area contributed by atoms with E-state index in [9.17, 15) is 9.59 Å². The van der Waals surface area contributed by atoms with Crippen molar-refractivity contribution >= 4 is 11.9 Å². The minimum Gasteiger partial charge on any atom is -0.492 e. The van der Waals surface area contributed by atoms with Crippen molar-refractivity contribution in [1.82, 2.24) is 5.32 Å². The van der Waals surface area contributed by atoms with Gasteiger partial charge in [-0.25, -0.2) is 4.79 Å². The van der Waals surface area contributed by atoms with E-state index in [0.29, 0.717) is 37.3 Å². The Balaban J connectivity index is 1.84. The number of hydrogen-bond donors (Lipinski definition) is 1. The van der Waals surface area contributed by atoms with Crippen molar-refractivity contribution in [2.24, 2.45) is 0 Å². The highest BCUT2D eigenvalue weighted by atomic mass is 16.6. The lowest BCUT2D eigenvalue weighted by molar-refractivity contribution is 0.0529. The maximum absolute atomic E-state index is 11.7. The number of fused-ring (bicyclic) bond motifs is 1. The Morgan fingerprint density at radius 3 is 2.91 bits per heavy atom. The number of amides is 1. The van der Waals surface area contributed by atoms with Crippen LogP contribution >= 0.6 is 0 Å². The van der Waals surface area contributed by atoms with Crippen LogP contribution in [0.2, 0.25) is 0 Å². The van der Waals surface area contributed by atoms with E-state index in [2.05, 4.69) is 17.2 Å². The normalized spacial score (nSPS) is 13.3. The Morgan fingerprint density at radius 1 is 1.39 bits per heavy atom. The van der Waals surface area contributed by atoms with Crippen LogP contribution in [0.4, 0.5) is 4.79 Å². The fourth-order valence-corrected chi connectivity index (χ4v) is 2.04. The molecule has 0 saturated carbocycles. The number of nitrogens with one attached hydrogen (secondary N) is 1. The predicted octanol–water partition coefficient (Wildman–Crippen LogP) is 2.92. The summed E-state index contributed by atoms with van der Waals surface area (Å²) in [6.45, 7) is 6.28. The summed E-state index contributed by atoms with van der Waals surface area (Å²) in [6, 6.07) is 5.33. The Labute approximate surface area is 136 Å². The third-order valence-electron chi connectivity index (χ3n) is 3.02. The van der Waals surface area contributed by atoms with Gasteiger partial charge in [0.2, 0.25) is 0 Å². The van der Waals surface area contributed by atoms with Crippen LogP contribution in [0.25, 0.3) is 0 Å². The molecule has 122 valence electrons. The quantitative estimate of drug-likeness (QED) is 0.673. The molecule has 0 spiro atoms. The van der Waals surface area contributed by atoms with Crippen molar-refractivity contribution in [3.63, 3.8) is 0 Å². The van der Waals surface area contributed by atoms with Crippen LogP contribution in [-0.4, -0.2) is 30.6 Å². The lowest BCUT2D eigenvalue weighted by atomic mass is 10.0. The van der Waals surface area contributed by atoms with E-state index < -0.39 is 11.7 Å². The summed E-state index contributed by atoms with van der Waals surface area (Å²) in [5, 5.41) is 2.65. The molecule has 1 aromatic carbocycles. The first-order chi connectivity index (χ1) is 10.8. The van der Waals surface area contributed by atoms with E-state index in [0.717, 1.165) is 5.56 Å². The number of carbonyl (C=O) groups is 2. The molecule has 1 aliphatic rings.